The van der Waals surface area contributed by atoms with Crippen LogP contribution < -0.4 is 11.1 Å². The number of nitrogens with one attached hydrogen (secondary N) is 2. The normalized spacial score (nSPS) is 10.9. The maximum absolute atomic E-state index is 12.1. The molecule has 0 bridgehead atoms. The molecule has 0 radical (unpaired) electrons. The van der Waals surface area contributed by atoms with Crippen LogP contribution in [0.3, 0.4) is 0 Å². The fraction of sp³-hybridized carbons (Fsp3) is 0.222. The highest BCUT2D eigenvalue weighted by Gasteiger charge is 2.07. The van der Waals surface area contributed by atoms with Crippen molar-refractivity contribution in [3.05, 3.63) is 63.6 Å². The fourth-order valence-electron chi connectivity index (χ4n) is 2.50. The average Bonchev–Trinajstić information content (AvgIpc) is 2.88. The van der Waals surface area contributed by atoms with E-state index in [1.165, 1.54) is 0 Å². The molecule has 1 heterocycles. The zero-order valence-electron chi connectivity index (χ0n) is 13.1. The molecular formula is C18H18N2O3. The summed E-state index contributed by atoms with van der Waals surface area (Å²) in [6.07, 6.45) is 0.973. The van der Waals surface area contributed by atoms with Crippen LogP contribution in [0, 0.1) is 13.8 Å². The van der Waals surface area contributed by atoms with Gasteiger partial charge in [-0.2, -0.15) is 0 Å². The summed E-state index contributed by atoms with van der Waals surface area (Å²) < 4.78 is 4.96. The molecule has 23 heavy (non-hydrogen) atoms. The third-order valence-electron chi connectivity index (χ3n) is 3.79. The second-order valence-corrected chi connectivity index (χ2v) is 5.71. The van der Waals surface area contributed by atoms with Gasteiger partial charge in [-0.1, -0.05) is 18.2 Å². The van der Waals surface area contributed by atoms with Gasteiger partial charge in [0, 0.05) is 12.1 Å². The number of fused-ring (bicyclic) bond motifs is 1. The van der Waals surface area contributed by atoms with Crippen LogP contribution >= 0.6 is 0 Å². The van der Waals surface area contributed by atoms with Crippen molar-refractivity contribution >= 4 is 22.7 Å². The third-order valence-corrected chi connectivity index (χ3v) is 3.79. The number of oxazole rings is 1. The van der Waals surface area contributed by atoms with Crippen molar-refractivity contribution in [2.75, 3.05) is 5.32 Å². The number of H-pyrrole nitrogens is 1. The number of aromatic amines is 1. The topological polar surface area (TPSA) is 75.1 Å². The lowest BCUT2D eigenvalue weighted by Crippen LogP contribution is -2.13. The van der Waals surface area contributed by atoms with Crippen LogP contribution in [0.1, 0.15) is 23.1 Å². The lowest BCUT2D eigenvalue weighted by Gasteiger charge is -2.09. The summed E-state index contributed by atoms with van der Waals surface area (Å²) in [6, 6.07) is 11.4. The minimum Gasteiger partial charge on any atom is -0.408 e. The highest BCUT2D eigenvalue weighted by molar-refractivity contribution is 5.91. The monoisotopic (exact) mass is 310 g/mol. The van der Waals surface area contributed by atoms with Crippen molar-refractivity contribution in [1.82, 2.24) is 4.98 Å². The van der Waals surface area contributed by atoms with Crippen molar-refractivity contribution in [1.29, 1.82) is 0 Å². The van der Waals surface area contributed by atoms with E-state index in [1.54, 1.807) is 6.07 Å². The molecule has 0 saturated heterocycles. The number of carbonyl (C=O) groups excluding carboxylic acids is 1. The van der Waals surface area contributed by atoms with Crippen LogP contribution in [0.5, 0.6) is 0 Å². The first kappa shape index (κ1) is 15.1. The minimum absolute atomic E-state index is 0.0283. The number of rotatable bonds is 4. The summed E-state index contributed by atoms with van der Waals surface area (Å²) in [5, 5.41) is 2.95. The number of carbonyl (C=O) groups is 1. The van der Waals surface area contributed by atoms with Gasteiger partial charge in [0.1, 0.15) is 0 Å². The summed E-state index contributed by atoms with van der Waals surface area (Å²) in [6.45, 7) is 3.97. The first-order valence-electron chi connectivity index (χ1n) is 7.50. The third kappa shape index (κ3) is 3.51. The van der Waals surface area contributed by atoms with Crippen LogP contribution in [0.4, 0.5) is 5.69 Å². The van der Waals surface area contributed by atoms with E-state index < -0.39 is 5.76 Å². The van der Waals surface area contributed by atoms with Gasteiger partial charge in [-0.3, -0.25) is 9.78 Å². The van der Waals surface area contributed by atoms with E-state index in [4.69, 9.17) is 4.42 Å². The Morgan fingerprint density at radius 3 is 2.83 bits per heavy atom. The van der Waals surface area contributed by atoms with Crippen molar-refractivity contribution < 1.29 is 9.21 Å². The summed E-state index contributed by atoms with van der Waals surface area (Å²) in [5.41, 5.74) is 5.16. The molecule has 0 fully saturated rings. The van der Waals surface area contributed by atoms with Gasteiger partial charge < -0.3 is 9.73 Å². The van der Waals surface area contributed by atoms with E-state index in [2.05, 4.69) is 10.3 Å². The molecule has 0 aliphatic carbocycles. The minimum atomic E-state index is -0.468. The van der Waals surface area contributed by atoms with E-state index in [-0.39, 0.29) is 5.91 Å². The van der Waals surface area contributed by atoms with E-state index in [0.717, 1.165) is 22.4 Å². The number of benzene rings is 2. The van der Waals surface area contributed by atoms with E-state index in [0.29, 0.717) is 23.9 Å². The van der Waals surface area contributed by atoms with Gasteiger partial charge in [0.05, 0.1) is 5.52 Å². The smallest absolute Gasteiger partial charge is 0.408 e. The van der Waals surface area contributed by atoms with Crippen LogP contribution in [0.2, 0.25) is 0 Å². The first-order chi connectivity index (χ1) is 11.0. The van der Waals surface area contributed by atoms with Gasteiger partial charge in [-0.25, -0.2) is 4.79 Å². The van der Waals surface area contributed by atoms with E-state index >= 15 is 0 Å². The summed E-state index contributed by atoms with van der Waals surface area (Å²) in [5.74, 6) is -0.496. The van der Waals surface area contributed by atoms with Gasteiger partial charge in [0.2, 0.25) is 5.91 Å². The van der Waals surface area contributed by atoms with Crippen LogP contribution in [-0.4, -0.2) is 10.9 Å². The quantitative estimate of drug-likeness (QED) is 0.776. The number of hydrogen-bond acceptors (Lipinski definition) is 3. The van der Waals surface area contributed by atoms with E-state index in [1.807, 2.05) is 44.2 Å². The van der Waals surface area contributed by atoms with Crippen molar-refractivity contribution in [2.45, 2.75) is 26.7 Å². The second kappa shape index (κ2) is 6.12. The predicted molar refractivity (Wildman–Crippen MR) is 89.7 cm³/mol. The lowest BCUT2D eigenvalue weighted by molar-refractivity contribution is -0.116. The molecule has 118 valence electrons. The maximum Gasteiger partial charge on any atom is 0.417 e. The molecule has 2 N–H and O–H groups in total. The molecule has 2 aromatic carbocycles. The Morgan fingerprint density at radius 2 is 2.00 bits per heavy atom. The van der Waals surface area contributed by atoms with Crippen LogP contribution in [0.15, 0.2) is 45.6 Å². The van der Waals surface area contributed by atoms with Crippen LogP contribution in [0.25, 0.3) is 11.1 Å². The van der Waals surface area contributed by atoms with Crippen molar-refractivity contribution in [3.63, 3.8) is 0 Å². The zero-order chi connectivity index (χ0) is 16.4. The standard InChI is InChI=1S/C18H18N2O3/c1-11-3-4-12(2)14(9-11)19-17(21)8-6-13-5-7-16-15(10-13)20-18(22)23-16/h3-5,7,9-10H,6,8H2,1-2H3,(H,19,21)(H,20,22). The second-order valence-electron chi connectivity index (χ2n) is 5.71. The predicted octanol–water partition coefficient (Wildman–Crippen LogP) is 3.31. The maximum atomic E-state index is 12.1. The highest BCUT2D eigenvalue weighted by atomic mass is 16.4. The number of amides is 1. The molecule has 0 aliphatic heterocycles. The zero-order valence-corrected chi connectivity index (χ0v) is 13.1. The highest BCUT2D eigenvalue weighted by Crippen LogP contribution is 2.17. The molecule has 1 amide bonds. The number of anilines is 1. The molecule has 5 heteroatoms. The van der Waals surface area contributed by atoms with Crippen molar-refractivity contribution in [3.8, 4) is 0 Å². The Morgan fingerprint density at radius 1 is 1.17 bits per heavy atom. The summed E-state index contributed by atoms with van der Waals surface area (Å²) in [4.78, 5) is 25.9. The molecule has 3 aromatic rings. The SMILES string of the molecule is Cc1ccc(C)c(NC(=O)CCc2ccc3oc(=O)[nH]c3c2)c1. The van der Waals surface area contributed by atoms with Gasteiger partial charge in [-0.05, 0) is 55.2 Å². The lowest BCUT2D eigenvalue weighted by atomic mass is 10.1. The Labute approximate surface area is 133 Å². The fourth-order valence-corrected chi connectivity index (χ4v) is 2.50. The Balaban J connectivity index is 1.65. The molecule has 0 unspecified atom stereocenters. The van der Waals surface area contributed by atoms with Gasteiger partial charge >= 0.3 is 5.76 Å². The Bertz CT molecular complexity index is 921. The summed E-state index contributed by atoms with van der Waals surface area (Å²) in [7, 11) is 0. The van der Waals surface area contributed by atoms with Gasteiger partial charge in [0.25, 0.3) is 0 Å². The van der Waals surface area contributed by atoms with Gasteiger partial charge in [0.15, 0.2) is 5.58 Å². The molecule has 0 spiro atoms. The van der Waals surface area contributed by atoms with Crippen LogP contribution in [-0.2, 0) is 11.2 Å². The molecule has 0 saturated carbocycles. The molecule has 5 nitrogen and oxygen atoms in total. The molecule has 1 aromatic heterocycles. The average molecular weight is 310 g/mol. The Kier molecular flexibility index (Phi) is 4.02. The molecule has 0 aliphatic rings. The van der Waals surface area contributed by atoms with E-state index in [9.17, 15) is 9.59 Å². The molecule has 3 rings (SSSR count). The summed E-state index contributed by atoms with van der Waals surface area (Å²) >= 11 is 0. The Hall–Kier alpha value is -2.82. The number of aryl methyl sites for hydroxylation is 3. The van der Waals surface area contributed by atoms with Crippen molar-refractivity contribution in [2.24, 2.45) is 0 Å². The van der Waals surface area contributed by atoms with Gasteiger partial charge in [-0.15, -0.1) is 0 Å². The molecule has 0 atom stereocenters. The first-order valence-corrected chi connectivity index (χ1v) is 7.50. The molecular weight excluding hydrogens is 292 g/mol. The largest absolute Gasteiger partial charge is 0.417 e. The number of hydrogen-bond donors (Lipinski definition) is 2. The number of aromatic nitrogens is 1.